The van der Waals surface area contributed by atoms with Gasteiger partial charge in [0.1, 0.15) is 6.61 Å². The van der Waals surface area contributed by atoms with Gasteiger partial charge in [0.15, 0.2) is 0 Å². The van der Waals surface area contributed by atoms with E-state index in [1.54, 1.807) is 0 Å². The lowest BCUT2D eigenvalue weighted by molar-refractivity contribution is -0.120. The van der Waals surface area contributed by atoms with Gasteiger partial charge in [0.25, 0.3) is 0 Å². The van der Waals surface area contributed by atoms with Crippen molar-refractivity contribution in [1.29, 1.82) is 0 Å². The molecule has 0 aromatic carbocycles. The Kier molecular flexibility index (Phi) is 5.05. The zero-order valence-corrected chi connectivity index (χ0v) is 9.05. The Morgan fingerprint density at radius 2 is 2.24 bits per heavy atom. The van der Waals surface area contributed by atoms with Crippen LogP contribution < -0.4 is 11.1 Å². The number of ether oxygens (including phenoxy) is 1. The lowest BCUT2D eigenvalue weighted by atomic mass is 10.2. The second-order valence-corrected chi connectivity index (χ2v) is 3.15. The number of nitrogens with zero attached hydrogens (tertiary/aromatic N) is 1. The summed E-state index contributed by atoms with van der Waals surface area (Å²) in [7, 11) is 0. The SMILES string of the molecule is NC(=O)c1cncc(NC(=O)COCCO)c1. The smallest absolute Gasteiger partial charge is 0.250 e. The Morgan fingerprint density at radius 3 is 2.88 bits per heavy atom. The third kappa shape index (κ3) is 4.58. The maximum absolute atomic E-state index is 11.3. The van der Waals surface area contributed by atoms with Crippen molar-refractivity contribution in [1.82, 2.24) is 4.98 Å². The van der Waals surface area contributed by atoms with Gasteiger partial charge in [-0.3, -0.25) is 14.6 Å². The van der Waals surface area contributed by atoms with Crippen LogP contribution in [0.1, 0.15) is 10.4 Å². The van der Waals surface area contributed by atoms with E-state index in [0.29, 0.717) is 5.69 Å². The molecule has 0 saturated carbocycles. The number of aliphatic hydroxyl groups excluding tert-OH is 1. The summed E-state index contributed by atoms with van der Waals surface area (Å²) in [4.78, 5) is 25.9. The second-order valence-electron chi connectivity index (χ2n) is 3.15. The molecular weight excluding hydrogens is 226 g/mol. The molecule has 4 N–H and O–H groups in total. The molecule has 17 heavy (non-hydrogen) atoms. The number of hydrogen-bond donors (Lipinski definition) is 3. The molecule has 0 aliphatic carbocycles. The molecule has 0 spiro atoms. The van der Waals surface area contributed by atoms with Crippen LogP contribution >= 0.6 is 0 Å². The molecule has 0 saturated heterocycles. The van der Waals surface area contributed by atoms with Crippen LogP contribution in [0.2, 0.25) is 0 Å². The van der Waals surface area contributed by atoms with Crippen LogP contribution in [0.5, 0.6) is 0 Å². The van der Waals surface area contributed by atoms with Gasteiger partial charge in [0.2, 0.25) is 11.8 Å². The van der Waals surface area contributed by atoms with E-state index in [-0.39, 0.29) is 25.4 Å². The average molecular weight is 239 g/mol. The summed E-state index contributed by atoms with van der Waals surface area (Å²) in [6.45, 7) is -0.236. The van der Waals surface area contributed by atoms with Gasteiger partial charge in [-0.2, -0.15) is 0 Å². The summed E-state index contributed by atoms with van der Waals surface area (Å²) >= 11 is 0. The maximum Gasteiger partial charge on any atom is 0.250 e. The quantitative estimate of drug-likeness (QED) is 0.558. The summed E-state index contributed by atoms with van der Waals surface area (Å²) in [6.07, 6.45) is 2.69. The predicted octanol–water partition coefficient (Wildman–Crippen LogP) is -0.872. The van der Waals surface area contributed by atoms with Gasteiger partial charge in [0, 0.05) is 6.20 Å². The van der Waals surface area contributed by atoms with Crippen molar-refractivity contribution >= 4 is 17.5 Å². The highest BCUT2D eigenvalue weighted by molar-refractivity contribution is 5.96. The van der Waals surface area contributed by atoms with Crippen LogP contribution in [0.25, 0.3) is 0 Å². The van der Waals surface area contributed by atoms with E-state index in [1.807, 2.05) is 0 Å². The number of nitrogens with one attached hydrogen (secondary N) is 1. The topological polar surface area (TPSA) is 115 Å². The summed E-state index contributed by atoms with van der Waals surface area (Å²) in [6, 6.07) is 1.42. The van der Waals surface area contributed by atoms with Crippen molar-refractivity contribution in [2.24, 2.45) is 5.73 Å². The lowest BCUT2D eigenvalue weighted by Crippen LogP contribution is -2.20. The lowest BCUT2D eigenvalue weighted by Gasteiger charge is -2.05. The number of aromatic nitrogens is 1. The molecule has 0 bridgehead atoms. The Bertz CT molecular complexity index is 408. The monoisotopic (exact) mass is 239 g/mol. The number of amides is 2. The molecular formula is C10H13N3O4. The minimum atomic E-state index is -0.620. The van der Waals surface area contributed by atoms with Gasteiger partial charge in [-0.05, 0) is 6.07 Å². The molecule has 1 rings (SSSR count). The van der Waals surface area contributed by atoms with Crippen LogP contribution in [-0.4, -0.2) is 41.7 Å². The Morgan fingerprint density at radius 1 is 1.47 bits per heavy atom. The molecule has 7 heteroatoms. The Balaban J connectivity index is 2.53. The molecule has 0 unspecified atom stereocenters. The van der Waals surface area contributed by atoms with Crippen LogP contribution in [0.15, 0.2) is 18.5 Å². The minimum absolute atomic E-state index is 0.0903. The fourth-order valence-corrected chi connectivity index (χ4v) is 1.07. The molecule has 2 amide bonds. The van der Waals surface area contributed by atoms with Crippen LogP contribution in [0.3, 0.4) is 0 Å². The van der Waals surface area contributed by atoms with Crippen molar-refractivity contribution in [2.45, 2.75) is 0 Å². The van der Waals surface area contributed by atoms with E-state index >= 15 is 0 Å². The van der Waals surface area contributed by atoms with Gasteiger partial charge in [0.05, 0.1) is 30.7 Å². The Labute approximate surface area is 97.6 Å². The molecule has 92 valence electrons. The number of hydrogen-bond acceptors (Lipinski definition) is 5. The molecule has 0 radical (unpaired) electrons. The highest BCUT2D eigenvalue weighted by Crippen LogP contribution is 2.07. The van der Waals surface area contributed by atoms with Gasteiger partial charge < -0.3 is 20.9 Å². The van der Waals surface area contributed by atoms with Crippen LogP contribution in [0, 0.1) is 0 Å². The largest absolute Gasteiger partial charge is 0.394 e. The van der Waals surface area contributed by atoms with E-state index in [1.165, 1.54) is 18.5 Å². The standard InChI is InChI=1S/C10H13N3O4/c11-10(16)7-3-8(5-12-4-7)13-9(15)6-17-2-1-14/h3-5,14H,1-2,6H2,(H2,11,16)(H,13,15). The van der Waals surface area contributed by atoms with E-state index in [9.17, 15) is 9.59 Å². The van der Waals surface area contributed by atoms with E-state index in [4.69, 9.17) is 15.6 Å². The van der Waals surface area contributed by atoms with Crippen molar-refractivity contribution in [3.8, 4) is 0 Å². The first kappa shape index (κ1) is 13.1. The number of carbonyl (C=O) groups excluding carboxylic acids is 2. The first-order valence-electron chi connectivity index (χ1n) is 4.87. The van der Waals surface area contributed by atoms with Gasteiger partial charge >= 0.3 is 0 Å². The molecule has 0 atom stereocenters. The third-order valence-corrected chi connectivity index (χ3v) is 1.78. The number of aliphatic hydroxyl groups is 1. The number of rotatable bonds is 6. The number of pyridine rings is 1. The summed E-state index contributed by atoms with van der Waals surface area (Å²) in [5, 5.41) is 10.9. The molecule has 0 fully saturated rings. The fraction of sp³-hybridized carbons (Fsp3) is 0.300. The summed E-state index contributed by atoms with van der Waals surface area (Å²) in [5.41, 5.74) is 5.64. The van der Waals surface area contributed by atoms with Gasteiger partial charge in [-0.1, -0.05) is 0 Å². The maximum atomic E-state index is 11.3. The molecule has 0 aliphatic rings. The van der Waals surface area contributed by atoms with Gasteiger partial charge in [-0.15, -0.1) is 0 Å². The van der Waals surface area contributed by atoms with Crippen molar-refractivity contribution in [2.75, 3.05) is 25.1 Å². The first-order valence-corrected chi connectivity index (χ1v) is 4.87. The fourth-order valence-electron chi connectivity index (χ4n) is 1.07. The molecule has 1 heterocycles. The normalized spacial score (nSPS) is 9.94. The Hall–Kier alpha value is -1.99. The minimum Gasteiger partial charge on any atom is -0.394 e. The average Bonchev–Trinajstić information content (AvgIpc) is 2.29. The zero-order chi connectivity index (χ0) is 12.7. The second kappa shape index (κ2) is 6.56. The van der Waals surface area contributed by atoms with Gasteiger partial charge in [-0.25, -0.2) is 0 Å². The third-order valence-electron chi connectivity index (χ3n) is 1.78. The van der Waals surface area contributed by atoms with Crippen molar-refractivity contribution < 1.29 is 19.4 Å². The van der Waals surface area contributed by atoms with Crippen molar-refractivity contribution in [3.63, 3.8) is 0 Å². The van der Waals surface area contributed by atoms with E-state index < -0.39 is 11.8 Å². The van der Waals surface area contributed by atoms with E-state index in [2.05, 4.69) is 10.3 Å². The number of carbonyl (C=O) groups is 2. The van der Waals surface area contributed by atoms with Crippen molar-refractivity contribution in [3.05, 3.63) is 24.0 Å². The first-order chi connectivity index (χ1) is 8.13. The summed E-state index contributed by atoms with van der Waals surface area (Å²) < 4.78 is 4.82. The molecule has 7 nitrogen and oxygen atoms in total. The highest BCUT2D eigenvalue weighted by atomic mass is 16.5. The zero-order valence-electron chi connectivity index (χ0n) is 9.05. The van der Waals surface area contributed by atoms with E-state index in [0.717, 1.165) is 0 Å². The number of nitrogens with two attached hydrogens (primary N) is 1. The number of anilines is 1. The molecule has 1 aromatic rings. The molecule has 1 aromatic heterocycles. The summed E-state index contributed by atoms with van der Waals surface area (Å²) in [5.74, 6) is -1.02. The highest BCUT2D eigenvalue weighted by Gasteiger charge is 2.05. The van der Waals surface area contributed by atoms with Crippen LogP contribution in [0.4, 0.5) is 5.69 Å². The van der Waals surface area contributed by atoms with Crippen LogP contribution in [-0.2, 0) is 9.53 Å². The molecule has 0 aliphatic heterocycles. The number of primary amides is 1. The predicted molar refractivity (Wildman–Crippen MR) is 59.3 cm³/mol.